The molecule has 0 saturated carbocycles. The smallest absolute Gasteiger partial charge is 0.0671 e. The number of hydrogen-bond donors (Lipinski definition) is 2. The van der Waals surface area contributed by atoms with E-state index < -0.39 is 0 Å². The van der Waals surface area contributed by atoms with E-state index in [4.69, 9.17) is 0 Å². The summed E-state index contributed by atoms with van der Waals surface area (Å²) in [6, 6.07) is 10.3. The van der Waals surface area contributed by atoms with Gasteiger partial charge < -0.3 is 10.4 Å². The van der Waals surface area contributed by atoms with Gasteiger partial charge in [0.05, 0.1) is 12.1 Å². The molecule has 0 bridgehead atoms. The van der Waals surface area contributed by atoms with Gasteiger partial charge in [0.1, 0.15) is 0 Å². The van der Waals surface area contributed by atoms with Crippen LogP contribution in [-0.4, -0.2) is 18.3 Å². The highest BCUT2D eigenvalue weighted by Crippen LogP contribution is 2.28. The average molecular weight is 235 g/mol. The molecule has 0 heterocycles. The van der Waals surface area contributed by atoms with Crippen molar-refractivity contribution in [2.24, 2.45) is 5.92 Å². The summed E-state index contributed by atoms with van der Waals surface area (Å²) >= 11 is 0. The van der Waals surface area contributed by atoms with Gasteiger partial charge in [-0.15, -0.1) is 0 Å². The lowest BCUT2D eigenvalue weighted by Crippen LogP contribution is -2.47. The molecule has 0 amide bonds. The molecular formula is C15H25NO. The van der Waals surface area contributed by atoms with Crippen LogP contribution in [-0.2, 0) is 5.54 Å². The van der Waals surface area contributed by atoms with E-state index in [9.17, 15) is 5.11 Å². The highest BCUT2D eigenvalue weighted by molar-refractivity contribution is 5.24. The molecule has 2 heteroatoms. The molecule has 0 aliphatic heterocycles. The van der Waals surface area contributed by atoms with Crippen LogP contribution < -0.4 is 5.32 Å². The second kappa shape index (κ2) is 6.77. The van der Waals surface area contributed by atoms with E-state index in [2.05, 4.69) is 38.2 Å². The third-order valence-corrected chi connectivity index (χ3v) is 3.07. The molecule has 96 valence electrons. The molecule has 1 aromatic carbocycles. The molecule has 1 rings (SSSR count). The Bertz CT molecular complexity index is 310. The van der Waals surface area contributed by atoms with Crippen molar-refractivity contribution in [3.8, 4) is 0 Å². The van der Waals surface area contributed by atoms with Gasteiger partial charge in [0.2, 0.25) is 0 Å². The van der Waals surface area contributed by atoms with Crippen LogP contribution in [0.3, 0.4) is 0 Å². The summed E-state index contributed by atoms with van der Waals surface area (Å²) in [5.74, 6) is 0.548. The molecule has 2 nitrogen and oxygen atoms in total. The Labute approximate surface area is 105 Å². The first-order valence-electron chi connectivity index (χ1n) is 6.56. The van der Waals surface area contributed by atoms with E-state index in [1.54, 1.807) is 0 Å². The van der Waals surface area contributed by atoms with Crippen LogP contribution in [0, 0.1) is 5.92 Å². The van der Waals surface area contributed by atoms with Crippen molar-refractivity contribution in [1.82, 2.24) is 5.32 Å². The van der Waals surface area contributed by atoms with Crippen molar-refractivity contribution in [3.63, 3.8) is 0 Å². The van der Waals surface area contributed by atoms with Gasteiger partial charge in [0, 0.05) is 0 Å². The standard InChI is InChI=1S/C15H25NO/c1-4-10-16-15(12-17,11-13(2)3)14-8-6-5-7-9-14/h5-9,13,16-17H,4,10-12H2,1-3H3. The maximum absolute atomic E-state index is 9.84. The molecule has 1 unspecified atom stereocenters. The average Bonchev–Trinajstić information content (AvgIpc) is 2.35. The molecule has 17 heavy (non-hydrogen) atoms. The van der Waals surface area contributed by atoms with Crippen LogP contribution in [0.5, 0.6) is 0 Å². The van der Waals surface area contributed by atoms with Gasteiger partial charge in [-0.1, -0.05) is 51.1 Å². The number of nitrogens with one attached hydrogen (secondary N) is 1. The lowest BCUT2D eigenvalue weighted by Gasteiger charge is -2.35. The monoisotopic (exact) mass is 235 g/mol. The number of aliphatic hydroxyl groups excluding tert-OH is 1. The van der Waals surface area contributed by atoms with Crippen molar-refractivity contribution in [1.29, 1.82) is 0 Å². The molecule has 2 N–H and O–H groups in total. The zero-order chi connectivity index (χ0) is 12.7. The van der Waals surface area contributed by atoms with Crippen LogP contribution in [0.1, 0.15) is 39.2 Å². The minimum Gasteiger partial charge on any atom is -0.394 e. The van der Waals surface area contributed by atoms with E-state index >= 15 is 0 Å². The predicted octanol–water partition coefficient (Wildman–Crippen LogP) is 2.92. The van der Waals surface area contributed by atoms with E-state index in [-0.39, 0.29) is 12.1 Å². The van der Waals surface area contributed by atoms with Gasteiger partial charge >= 0.3 is 0 Å². The fourth-order valence-corrected chi connectivity index (χ4v) is 2.32. The van der Waals surface area contributed by atoms with Crippen molar-refractivity contribution in [2.75, 3.05) is 13.2 Å². The highest BCUT2D eigenvalue weighted by atomic mass is 16.3. The molecule has 1 aromatic rings. The van der Waals surface area contributed by atoms with Gasteiger partial charge in [0.15, 0.2) is 0 Å². The van der Waals surface area contributed by atoms with Crippen molar-refractivity contribution >= 4 is 0 Å². The van der Waals surface area contributed by atoms with E-state index in [1.165, 1.54) is 5.56 Å². The largest absolute Gasteiger partial charge is 0.394 e. The Hall–Kier alpha value is -0.860. The molecular weight excluding hydrogens is 210 g/mol. The Balaban J connectivity index is 2.97. The van der Waals surface area contributed by atoms with Crippen molar-refractivity contribution in [2.45, 2.75) is 39.2 Å². The quantitative estimate of drug-likeness (QED) is 0.761. The van der Waals surface area contributed by atoms with Crippen LogP contribution in [0.4, 0.5) is 0 Å². The van der Waals surface area contributed by atoms with Gasteiger partial charge in [-0.25, -0.2) is 0 Å². The highest BCUT2D eigenvalue weighted by Gasteiger charge is 2.31. The molecule has 0 saturated heterocycles. The Morgan fingerprint density at radius 2 is 1.88 bits per heavy atom. The fourth-order valence-electron chi connectivity index (χ4n) is 2.32. The first-order valence-corrected chi connectivity index (χ1v) is 6.56. The summed E-state index contributed by atoms with van der Waals surface area (Å²) in [6.45, 7) is 7.62. The van der Waals surface area contributed by atoms with Crippen LogP contribution in [0.15, 0.2) is 30.3 Å². The maximum atomic E-state index is 9.84. The third-order valence-electron chi connectivity index (χ3n) is 3.07. The summed E-state index contributed by atoms with van der Waals surface area (Å²) < 4.78 is 0. The number of benzene rings is 1. The molecule has 0 radical (unpaired) electrons. The van der Waals surface area contributed by atoms with E-state index in [1.807, 2.05) is 18.2 Å². The lowest BCUT2D eigenvalue weighted by atomic mass is 9.83. The lowest BCUT2D eigenvalue weighted by molar-refractivity contribution is 0.137. The molecule has 0 fully saturated rings. The summed E-state index contributed by atoms with van der Waals surface area (Å²) in [4.78, 5) is 0. The van der Waals surface area contributed by atoms with Crippen LogP contribution >= 0.6 is 0 Å². The third kappa shape index (κ3) is 3.83. The van der Waals surface area contributed by atoms with E-state index in [0.717, 1.165) is 19.4 Å². The zero-order valence-electron chi connectivity index (χ0n) is 11.2. The van der Waals surface area contributed by atoms with Gasteiger partial charge in [0.25, 0.3) is 0 Å². The normalized spacial score (nSPS) is 14.9. The minimum atomic E-state index is -0.286. The minimum absolute atomic E-state index is 0.148. The molecule has 0 aliphatic carbocycles. The Morgan fingerprint density at radius 3 is 2.35 bits per heavy atom. The SMILES string of the molecule is CCCNC(CO)(CC(C)C)c1ccccc1. The fraction of sp³-hybridized carbons (Fsp3) is 0.600. The zero-order valence-corrected chi connectivity index (χ0v) is 11.2. The second-order valence-corrected chi connectivity index (χ2v) is 5.13. The number of hydrogen-bond acceptors (Lipinski definition) is 2. The number of aliphatic hydroxyl groups is 1. The molecule has 0 aliphatic rings. The summed E-state index contributed by atoms with van der Waals surface area (Å²) in [6.07, 6.45) is 2.03. The van der Waals surface area contributed by atoms with Crippen LogP contribution in [0.2, 0.25) is 0 Å². The second-order valence-electron chi connectivity index (χ2n) is 5.13. The number of rotatable bonds is 7. The topological polar surface area (TPSA) is 32.3 Å². The van der Waals surface area contributed by atoms with Gasteiger partial charge in [-0.2, -0.15) is 0 Å². The summed E-state index contributed by atoms with van der Waals surface area (Å²) in [7, 11) is 0. The van der Waals surface area contributed by atoms with Crippen LogP contribution in [0.25, 0.3) is 0 Å². The van der Waals surface area contributed by atoms with Gasteiger partial charge in [-0.3, -0.25) is 0 Å². The van der Waals surface area contributed by atoms with E-state index in [0.29, 0.717) is 5.92 Å². The first kappa shape index (κ1) is 14.2. The van der Waals surface area contributed by atoms with Crippen molar-refractivity contribution in [3.05, 3.63) is 35.9 Å². The summed E-state index contributed by atoms with van der Waals surface area (Å²) in [5, 5.41) is 13.4. The van der Waals surface area contributed by atoms with Gasteiger partial charge in [-0.05, 0) is 30.9 Å². The Kier molecular flexibility index (Phi) is 5.66. The molecule has 0 aromatic heterocycles. The maximum Gasteiger partial charge on any atom is 0.0671 e. The summed E-state index contributed by atoms with van der Waals surface area (Å²) in [5.41, 5.74) is 0.899. The van der Waals surface area contributed by atoms with Crippen molar-refractivity contribution < 1.29 is 5.11 Å². The first-order chi connectivity index (χ1) is 8.14. The molecule has 1 atom stereocenters. The molecule has 0 spiro atoms. The predicted molar refractivity (Wildman–Crippen MR) is 73.0 cm³/mol. The Morgan fingerprint density at radius 1 is 1.24 bits per heavy atom.